The van der Waals surface area contributed by atoms with E-state index < -0.39 is 17.4 Å². The predicted molar refractivity (Wildman–Crippen MR) is 47.1 cm³/mol. The van der Waals surface area contributed by atoms with Gasteiger partial charge in [0, 0.05) is 4.47 Å². The summed E-state index contributed by atoms with van der Waals surface area (Å²) in [6, 6.07) is 2.58. The Kier molecular flexibility index (Phi) is 3.33. The van der Waals surface area contributed by atoms with E-state index in [-0.39, 0.29) is 10.2 Å². The lowest BCUT2D eigenvalue weighted by molar-refractivity contribution is 0.107. The Morgan fingerprint density at radius 2 is 2.15 bits per heavy atom. The van der Waals surface area contributed by atoms with Crippen molar-refractivity contribution in [3.63, 3.8) is 0 Å². The fraction of sp³-hybridized carbons (Fsp3) is 0.143. The zero-order chi connectivity index (χ0) is 10.0. The van der Waals surface area contributed by atoms with Crippen molar-refractivity contribution < 1.29 is 13.6 Å². The van der Waals surface area contributed by atoms with Gasteiger partial charge in [0.25, 0.3) is 11.7 Å². The van der Waals surface area contributed by atoms with Crippen LogP contribution in [0.1, 0.15) is 22.6 Å². The third-order valence-corrected chi connectivity index (χ3v) is 2.15. The molecule has 1 aromatic rings. The van der Waals surface area contributed by atoms with Gasteiger partial charge in [-0.05, 0) is 39.7 Å². The molecule has 0 N–H and O–H groups in total. The van der Waals surface area contributed by atoms with Crippen molar-refractivity contribution in [2.24, 2.45) is 0 Å². The molecule has 0 saturated heterocycles. The number of carbonyl (C=O) groups excluding carboxylic acids is 1. The smallest absolute Gasteiger partial charge is 0.274 e. The molecule has 0 unspecified atom stereocenters. The van der Waals surface area contributed by atoms with Crippen LogP contribution < -0.4 is 0 Å². The number of carbonyl (C=O) groups is 1. The fourth-order valence-corrected chi connectivity index (χ4v) is 1.22. The molecule has 0 aromatic carbocycles. The first kappa shape index (κ1) is 10.5. The average molecular weight is 270 g/mol. The molecular weight excluding hydrogens is 267 g/mol. The van der Waals surface area contributed by atoms with E-state index >= 15 is 0 Å². The van der Waals surface area contributed by atoms with Gasteiger partial charge in [-0.1, -0.05) is 0 Å². The van der Waals surface area contributed by atoms with Crippen LogP contribution in [0.5, 0.6) is 0 Å². The summed E-state index contributed by atoms with van der Waals surface area (Å²) in [7, 11) is 0. The third kappa shape index (κ3) is 2.45. The van der Waals surface area contributed by atoms with Crippen LogP contribution in [0.2, 0.25) is 0 Å². The van der Waals surface area contributed by atoms with Crippen molar-refractivity contribution in [2.45, 2.75) is 6.43 Å². The average Bonchev–Trinajstić information content (AvgIpc) is 2.04. The van der Waals surface area contributed by atoms with E-state index in [9.17, 15) is 13.6 Å². The second-order valence-electron chi connectivity index (χ2n) is 2.14. The normalized spacial score (nSPS) is 10.5. The number of nitrogens with zero attached hydrogens (tertiary/aromatic N) is 1. The Labute approximate surface area is 86.0 Å². The molecule has 6 heteroatoms. The minimum Gasteiger partial charge on any atom is -0.274 e. The number of alkyl halides is 2. The summed E-state index contributed by atoms with van der Waals surface area (Å²) >= 11 is 7.95. The molecule has 0 saturated carbocycles. The lowest BCUT2D eigenvalue weighted by atomic mass is 10.3. The van der Waals surface area contributed by atoms with Gasteiger partial charge in [-0.3, -0.25) is 4.79 Å². The molecular formula is C7H3BrClF2NO. The summed E-state index contributed by atoms with van der Waals surface area (Å²) in [5.74, 6) is 0. The van der Waals surface area contributed by atoms with E-state index in [1.807, 2.05) is 0 Å². The molecule has 70 valence electrons. The standard InChI is InChI=1S/C7H3BrClF2NO/c8-3-1-2-4(6(9)13)12-5(3)7(10)11/h1-2,7H. The number of rotatable bonds is 2. The van der Waals surface area contributed by atoms with Gasteiger partial charge in [-0.2, -0.15) is 0 Å². The largest absolute Gasteiger partial charge is 0.281 e. The summed E-state index contributed by atoms with van der Waals surface area (Å²) in [4.78, 5) is 14.0. The zero-order valence-electron chi connectivity index (χ0n) is 6.10. The summed E-state index contributed by atoms with van der Waals surface area (Å²) < 4.78 is 24.6. The first-order chi connectivity index (χ1) is 6.02. The Balaban J connectivity index is 3.19. The van der Waals surface area contributed by atoms with Gasteiger partial charge in [0.2, 0.25) is 0 Å². The highest BCUT2D eigenvalue weighted by Crippen LogP contribution is 2.25. The van der Waals surface area contributed by atoms with E-state index in [4.69, 9.17) is 11.6 Å². The summed E-state index contributed by atoms with van der Waals surface area (Å²) in [5, 5.41) is -0.852. The molecule has 0 aliphatic rings. The molecule has 0 spiro atoms. The molecule has 0 bridgehead atoms. The van der Waals surface area contributed by atoms with Crippen LogP contribution >= 0.6 is 27.5 Å². The van der Waals surface area contributed by atoms with Gasteiger partial charge in [0.1, 0.15) is 11.4 Å². The highest BCUT2D eigenvalue weighted by Gasteiger charge is 2.15. The van der Waals surface area contributed by atoms with Gasteiger partial charge >= 0.3 is 0 Å². The van der Waals surface area contributed by atoms with Crippen LogP contribution in [0, 0.1) is 0 Å². The minimum atomic E-state index is -2.73. The van der Waals surface area contributed by atoms with Crippen LogP contribution in [0.4, 0.5) is 8.78 Å². The van der Waals surface area contributed by atoms with Gasteiger partial charge in [-0.15, -0.1) is 0 Å². The second-order valence-corrected chi connectivity index (χ2v) is 3.34. The lowest BCUT2D eigenvalue weighted by Crippen LogP contribution is -1.99. The van der Waals surface area contributed by atoms with Crippen molar-refractivity contribution in [1.82, 2.24) is 4.98 Å². The Bertz CT molecular complexity index is 345. The molecule has 0 atom stereocenters. The predicted octanol–water partition coefficient (Wildman–Crippen LogP) is 3.16. The van der Waals surface area contributed by atoms with Crippen molar-refractivity contribution >= 4 is 32.8 Å². The van der Waals surface area contributed by atoms with E-state index in [2.05, 4.69) is 20.9 Å². The summed E-state index contributed by atoms with van der Waals surface area (Å²) in [5.41, 5.74) is -0.660. The molecule has 0 fully saturated rings. The van der Waals surface area contributed by atoms with Gasteiger partial charge in [-0.25, -0.2) is 13.8 Å². The first-order valence-electron chi connectivity index (χ1n) is 3.17. The molecule has 0 aliphatic carbocycles. The van der Waals surface area contributed by atoms with E-state index in [0.29, 0.717) is 0 Å². The Morgan fingerprint density at radius 3 is 2.62 bits per heavy atom. The lowest BCUT2D eigenvalue weighted by Gasteiger charge is -2.02. The van der Waals surface area contributed by atoms with Gasteiger partial charge in [0.15, 0.2) is 0 Å². The Morgan fingerprint density at radius 1 is 1.54 bits per heavy atom. The molecule has 13 heavy (non-hydrogen) atoms. The fourth-order valence-electron chi connectivity index (χ4n) is 0.720. The highest BCUT2D eigenvalue weighted by atomic mass is 79.9. The number of hydrogen-bond acceptors (Lipinski definition) is 2. The molecule has 0 radical (unpaired) electrons. The van der Waals surface area contributed by atoms with Crippen LogP contribution in [-0.2, 0) is 0 Å². The Hall–Kier alpha value is -0.550. The first-order valence-corrected chi connectivity index (χ1v) is 4.34. The van der Waals surface area contributed by atoms with Crippen LogP contribution in [-0.4, -0.2) is 10.2 Å². The maximum Gasteiger partial charge on any atom is 0.281 e. The SMILES string of the molecule is O=C(Cl)c1ccc(Br)c(C(F)F)n1. The number of pyridine rings is 1. The number of halogens is 4. The maximum absolute atomic E-state index is 12.2. The van der Waals surface area contributed by atoms with Crippen molar-refractivity contribution in [1.29, 1.82) is 0 Å². The van der Waals surface area contributed by atoms with Crippen molar-refractivity contribution in [3.05, 3.63) is 28.0 Å². The van der Waals surface area contributed by atoms with E-state index in [1.54, 1.807) is 0 Å². The topological polar surface area (TPSA) is 30.0 Å². The second kappa shape index (κ2) is 4.11. The molecule has 0 aliphatic heterocycles. The molecule has 0 amide bonds. The van der Waals surface area contributed by atoms with Gasteiger partial charge < -0.3 is 0 Å². The molecule has 1 heterocycles. The van der Waals surface area contributed by atoms with Crippen LogP contribution in [0.15, 0.2) is 16.6 Å². The van der Waals surface area contributed by atoms with Gasteiger partial charge in [0.05, 0.1) is 0 Å². The molecule has 1 aromatic heterocycles. The number of hydrogen-bond donors (Lipinski definition) is 0. The highest BCUT2D eigenvalue weighted by molar-refractivity contribution is 9.10. The quantitative estimate of drug-likeness (QED) is 0.773. The van der Waals surface area contributed by atoms with Crippen molar-refractivity contribution in [2.75, 3.05) is 0 Å². The maximum atomic E-state index is 12.2. The zero-order valence-corrected chi connectivity index (χ0v) is 8.44. The number of aromatic nitrogens is 1. The van der Waals surface area contributed by atoms with Crippen LogP contribution in [0.25, 0.3) is 0 Å². The third-order valence-electron chi connectivity index (χ3n) is 1.28. The molecule has 1 rings (SSSR count). The monoisotopic (exact) mass is 269 g/mol. The van der Waals surface area contributed by atoms with Crippen molar-refractivity contribution in [3.8, 4) is 0 Å². The van der Waals surface area contributed by atoms with E-state index in [0.717, 1.165) is 0 Å². The van der Waals surface area contributed by atoms with Crippen LogP contribution in [0.3, 0.4) is 0 Å². The molecule has 2 nitrogen and oxygen atoms in total. The summed E-state index contributed by atoms with van der Waals surface area (Å²) in [6.45, 7) is 0. The minimum absolute atomic E-state index is 0.157. The summed E-state index contributed by atoms with van der Waals surface area (Å²) in [6.07, 6.45) is -2.73. The van der Waals surface area contributed by atoms with E-state index in [1.165, 1.54) is 12.1 Å².